The van der Waals surface area contributed by atoms with Gasteiger partial charge in [0.25, 0.3) is 0 Å². The summed E-state index contributed by atoms with van der Waals surface area (Å²) in [6, 6.07) is 7.54. The number of aliphatic hydroxyl groups excluding tert-OH is 1. The van der Waals surface area contributed by atoms with Crippen molar-refractivity contribution in [1.82, 2.24) is 9.97 Å². The second kappa shape index (κ2) is 5.36. The van der Waals surface area contributed by atoms with E-state index in [0.717, 1.165) is 23.8 Å². The Morgan fingerprint density at radius 1 is 1.11 bits per heavy atom. The molecule has 1 saturated carbocycles. The quantitative estimate of drug-likeness (QED) is 0.892. The molecule has 4 nitrogen and oxygen atoms in total. The third-order valence-electron chi connectivity index (χ3n) is 3.27. The number of rotatable bonds is 5. The van der Waals surface area contributed by atoms with Crippen LogP contribution in [0.15, 0.2) is 43.0 Å². The predicted molar refractivity (Wildman–Crippen MR) is 70.8 cm³/mol. The molecule has 0 bridgehead atoms. The van der Waals surface area contributed by atoms with E-state index in [2.05, 4.69) is 9.97 Å². The van der Waals surface area contributed by atoms with Crippen molar-refractivity contribution in [1.29, 1.82) is 0 Å². The maximum absolute atomic E-state index is 10.2. The van der Waals surface area contributed by atoms with Crippen LogP contribution in [-0.4, -0.2) is 21.7 Å². The zero-order chi connectivity index (χ0) is 13.1. The lowest BCUT2D eigenvalue weighted by Gasteiger charge is -2.11. The highest BCUT2D eigenvalue weighted by Crippen LogP contribution is 2.30. The average molecular weight is 256 g/mol. The van der Waals surface area contributed by atoms with Crippen LogP contribution < -0.4 is 4.74 Å². The van der Waals surface area contributed by atoms with Gasteiger partial charge in [-0.15, -0.1) is 0 Å². The van der Waals surface area contributed by atoms with Crippen molar-refractivity contribution in [2.24, 2.45) is 5.92 Å². The zero-order valence-corrected chi connectivity index (χ0v) is 10.6. The van der Waals surface area contributed by atoms with Gasteiger partial charge in [0.05, 0.1) is 6.61 Å². The van der Waals surface area contributed by atoms with Crippen LogP contribution in [0, 0.1) is 5.92 Å². The molecule has 1 unspecified atom stereocenters. The van der Waals surface area contributed by atoms with Crippen LogP contribution in [0.1, 0.15) is 30.1 Å². The molecule has 1 aliphatic rings. The maximum atomic E-state index is 10.2. The molecule has 1 atom stereocenters. The van der Waals surface area contributed by atoms with Gasteiger partial charge >= 0.3 is 0 Å². The van der Waals surface area contributed by atoms with Crippen LogP contribution in [-0.2, 0) is 0 Å². The summed E-state index contributed by atoms with van der Waals surface area (Å²) in [7, 11) is 0. The SMILES string of the molecule is OC(c1ccc(OCC2CC2)cc1)c1cncnc1. The minimum absolute atomic E-state index is 0.689. The van der Waals surface area contributed by atoms with Gasteiger partial charge in [-0.3, -0.25) is 0 Å². The Bertz CT molecular complexity index is 524. The summed E-state index contributed by atoms with van der Waals surface area (Å²) in [6.45, 7) is 0.800. The van der Waals surface area contributed by atoms with Gasteiger partial charge < -0.3 is 9.84 Å². The summed E-state index contributed by atoms with van der Waals surface area (Å²) < 4.78 is 5.66. The number of nitrogens with zero attached hydrogens (tertiary/aromatic N) is 2. The predicted octanol–water partition coefficient (Wildman–Crippen LogP) is 2.35. The van der Waals surface area contributed by atoms with Crippen molar-refractivity contribution in [3.63, 3.8) is 0 Å². The van der Waals surface area contributed by atoms with Crippen LogP contribution >= 0.6 is 0 Å². The molecule has 98 valence electrons. The van der Waals surface area contributed by atoms with E-state index < -0.39 is 6.10 Å². The van der Waals surface area contributed by atoms with Gasteiger partial charge in [0.15, 0.2) is 0 Å². The standard InChI is InChI=1S/C15H16N2O2/c18-15(13-7-16-10-17-8-13)12-3-5-14(6-4-12)19-9-11-1-2-11/h3-8,10-11,15,18H,1-2,9H2. The van der Waals surface area contributed by atoms with Crippen LogP contribution in [0.4, 0.5) is 0 Å². The molecule has 19 heavy (non-hydrogen) atoms. The first-order valence-corrected chi connectivity index (χ1v) is 6.48. The fraction of sp³-hybridized carbons (Fsp3) is 0.333. The first-order chi connectivity index (χ1) is 9.33. The van der Waals surface area contributed by atoms with Gasteiger partial charge in [-0.25, -0.2) is 9.97 Å². The number of hydrogen-bond acceptors (Lipinski definition) is 4. The van der Waals surface area contributed by atoms with Gasteiger partial charge in [-0.2, -0.15) is 0 Å². The first kappa shape index (κ1) is 12.1. The Hall–Kier alpha value is -1.94. The van der Waals surface area contributed by atoms with E-state index in [4.69, 9.17) is 4.74 Å². The lowest BCUT2D eigenvalue weighted by Crippen LogP contribution is -2.02. The molecule has 3 rings (SSSR count). The number of ether oxygens (including phenoxy) is 1. The molecular formula is C15H16N2O2. The lowest BCUT2D eigenvalue weighted by atomic mass is 10.0. The molecule has 1 aliphatic carbocycles. The van der Waals surface area contributed by atoms with E-state index in [1.807, 2.05) is 24.3 Å². The average Bonchev–Trinajstić information content (AvgIpc) is 3.30. The van der Waals surface area contributed by atoms with Crippen LogP contribution in [0.5, 0.6) is 5.75 Å². The van der Waals surface area contributed by atoms with Crippen molar-refractivity contribution in [2.75, 3.05) is 6.61 Å². The summed E-state index contributed by atoms with van der Waals surface area (Å²) in [5.74, 6) is 1.60. The highest BCUT2D eigenvalue weighted by atomic mass is 16.5. The molecule has 1 aromatic heterocycles. The Morgan fingerprint density at radius 3 is 2.42 bits per heavy atom. The largest absolute Gasteiger partial charge is 0.493 e. The second-order valence-corrected chi connectivity index (χ2v) is 4.90. The molecular weight excluding hydrogens is 240 g/mol. The number of hydrogen-bond donors (Lipinski definition) is 1. The van der Waals surface area contributed by atoms with E-state index >= 15 is 0 Å². The topological polar surface area (TPSA) is 55.2 Å². The Labute approximate surface area is 112 Å². The van der Waals surface area contributed by atoms with Gasteiger partial charge in [-0.1, -0.05) is 12.1 Å². The Kier molecular flexibility index (Phi) is 3.42. The van der Waals surface area contributed by atoms with E-state index in [9.17, 15) is 5.11 Å². The molecule has 1 aromatic carbocycles. The zero-order valence-electron chi connectivity index (χ0n) is 10.6. The molecule has 1 heterocycles. The van der Waals surface area contributed by atoms with Crippen molar-refractivity contribution in [2.45, 2.75) is 18.9 Å². The highest BCUT2D eigenvalue weighted by molar-refractivity contribution is 5.32. The smallest absolute Gasteiger partial charge is 0.119 e. The fourth-order valence-corrected chi connectivity index (χ4v) is 1.89. The maximum Gasteiger partial charge on any atom is 0.119 e. The fourth-order valence-electron chi connectivity index (χ4n) is 1.89. The second-order valence-electron chi connectivity index (χ2n) is 4.90. The minimum Gasteiger partial charge on any atom is -0.493 e. The molecule has 0 radical (unpaired) electrons. The summed E-state index contributed by atoms with van der Waals surface area (Å²) in [5.41, 5.74) is 1.50. The Balaban J connectivity index is 1.67. The van der Waals surface area contributed by atoms with Crippen molar-refractivity contribution < 1.29 is 9.84 Å². The number of aromatic nitrogens is 2. The molecule has 4 heteroatoms. The summed E-state index contributed by atoms with van der Waals surface area (Å²) in [5, 5.41) is 10.2. The Morgan fingerprint density at radius 2 is 1.79 bits per heavy atom. The van der Waals surface area contributed by atoms with Crippen molar-refractivity contribution >= 4 is 0 Å². The van der Waals surface area contributed by atoms with Gasteiger partial charge in [-0.05, 0) is 36.5 Å². The lowest BCUT2D eigenvalue weighted by molar-refractivity contribution is 0.219. The van der Waals surface area contributed by atoms with Crippen LogP contribution in [0.25, 0.3) is 0 Å². The molecule has 0 saturated heterocycles. The molecule has 0 aliphatic heterocycles. The van der Waals surface area contributed by atoms with Crippen molar-refractivity contribution in [3.8, 4) is 5.75 Å². The van der Waals surface area contributed by atoms with E-state index in [1.54, 1.807) is 12.4 Å². The van der Waals surface area contributed by atoms with E-state index in [0.29, 0.717) is 5.56 Å². The highest BCUT2D eigenvalue weighted by Gasteiger charge is 2.21. The molecule has 1 fully saturated rings. The van der Waals surface area contributed by atoms with Gasteiger partial charge in [0.1, 0.15) is 18.2 Å². The van der Waals surface area contributed by atoms with Gasteiger partial charge in [0.2, 0.25) is 0 Å². The van der Waals surface area contributed by atoms with Crippen LogP contribution in [0.3, 0.4) is 0 Å². The third kappa shape index (κ3) is 3.09. The molecule has 0 amide bonds. The number of aliphatic hydroxyl groups is 1. The normalized spacial score (nSPS) is 16.1. The third-order valence-corrected chi connectivity index (χ3v) is 3.27. The van der Waals surface area contributed by atoms with Gasteiger partial charge in [0, 0.05) is 18.0 Å². The molecule has 1 N–H and O–H groups in total. The van der Waals surface area contributed by atoms with Crippen molar-refractivity contribution in [3.05, 3.63) is 54.1 Å². The minimum atomic E-state index is -0.696. The molecule has 0 spiro atoms. The number of benzene rings is 1. The first-order valence-electron chi connectivity index (χ1n) is 6.48. The summed E-state index contributed by atoms with van der Waals surface area (Å²) >= 11 is 0. The molecule has 2 aromatic rings. The van der Waals surface area contributed by atoms with Crippen LogP contribution in [0.2, 0.25) is 0 Å². The summed E-state index contributed by atoms with van der Waals surface area (Å²) in [4.78, 5) is 7.82. The monoisotopic (exact) mass is 256 g/mol. The summed E-state index contributed by atoms with van der Waals surface area (Å²) in [6.07, 6.45) is 6.56. The van der Waals surface area contributed by atoms with E-state index in [-0.39, 0.29) is 0 Å². The van der Waals surface area contributed by atoms with E-state index in [1.165, 1.54) is 19.2 Å².